The maximum atomic E-state index is 12.3. The van der Waals surface area contributed by atoms with Gasteiger partial charge < -0.3 is 10.4 Å². The van der Waals surface area contributed by atoms with Crippen molar-refractivity contribution < 1.29 is 9.90 Å². The van der Waals surface area contributed by atoms with Gasteiger partial charge in [0.15, 0.2) is 0 Å². The molecule has 2 rings (SSSR count). The first kappa shape index (κ1) is 17.7. The van der Waals surface area contributed by atoms with Crippen molar-refractivity contribution in [1.29, 1.82) is 0 Å². The average Bonchev–Trinajstić information content (AvgIpc) is 2.55. The van der Waals surface area contributed by atoms with Crippen LogP contribution in [0, 0.1) is 11.3 Å². The lowest BCUT2D eigenvalue weighted by molar-refractivity contribution is -0.119. The van der Waals surface area contributed by atoms with Crippen LogP contribution in [-0.4, -0.2) is 23.2 Å². The largest absolute Gasteiger partial charge is 0.391 e. The van der Waals surface area contributed by atoms with E-state index in [2.05, 4.69) is 26.1 Å². The van der Waals surface area contributed by atoms with Crippen molar-refractivity contribution in [3.05, 3.63) is 42.0 Å². The highest BCUT2D eigenvalue weighted by Crippen LogP contribution is 2.40. The molecule has 1 aliphatic carbocycles. The highest BCUT2D eigenvalue weighted by atomic mass is 16.3. The topological polar surface area (TPSA) is 49.3 Å². The second-order valence-electron chi connectivity index (χ2n) is 7.23. The number of amides is 1. The summed E-state index contributed by atoms with van der Waals surface area (Å²) in [5.41, 5.74) is 1.11. The number of rotatable bonds is 5. The SMILES string of the molecule is CCC(C)(C)[C@@H]1CCC[C@H](O)[C@@H]1NC(=O)/C=C/c1ccccc1. The van der Waals surface area contributed by atoms with Crippen LogP contribution in [0.1, 0.15) is 52.0 Å². The Balaban J connectivity index is 2.05. The van der Waals surface area contributed by atoms with Crippen molar-refractivity contribution in [2.75, 3.05) is 0 Å². The van der Waals surface area contributed by atoms with Crippen LogP contribution in [0.3, 0.4) is 0 Å². The smallest absolute Gasteiger partial charge is 0.244 e. The highest BCUT2D eigenvalue weighted by Gasteiger charge is 2.40. The lowest BCUT2D eigenvalue weighted by Gasteiger charge is -2.44. The molecule has 0 spiro atoms. The summed E-state index contributed by atoms with van der Waals surface area (Å²) in [7, 11) is 0. The molecule has 23 heavy (non-hydrogen) atoms. The van der Waals surface area contributed by atoms with Crippen LogP contribution in [0.15, 0.2) is 36.4 Å². The van der Waals surface area contributed by atoms with Gasteiger partial charge in [0.2, 0.25) is 5.91 Å². The highest BCUT2D eigenvalue weighted by molar-refractivity contribution is 5.91. The molecular formula is C20H29NO2. The van der Waals surface area contributed by atoms with Crippen LogP contribution in [-0.2, 0) is 4.79 Å². The minimum absolute atomic E-state index is 0.114. The van der Waals surface area contributed by atoms with Crippen molar-refractivity contribution in [3.8, 4) is 0 Å². The quantitative estimate of drug-likeness (QED) is 0.812. The molecule has 0 unspecified atom stereocenters. The number of aliphatic hydroxyl groups is 1. The number of hydrogen-bond donors (Lipinski definition) is 2. The van der Waals surface area contributed by atoms with E-state index in [1.165, 1.54) is 0 Å². The molecule has 1 aliphatic rings. The van der Waals surface area contributed by atoms with Gasteiger partial charge in [0.25, 0.3) is 0 Å². The van der Waals surface area contributed by atoms with E-state index in [-0.39, 0.29) is 17.4 Å². The fourth-order valence-electron chi connectivity index (χ4n) is 3.46. The van der Waals surface area contributed by atoms with Crippen molar-refractivity contribution in [2.24, 2.45) is 11.3 Å². The lowest BCUT2D eigenvalue weighted by Crippen LogP contribution is -2.53. The van der Waals surface area contributed by atoms with Crippen LogP contribution >= 0.6 is 0 Å². The standard InChI is InChI=1S/C20H29NO2/c1-4-20(2,3)16-11-8-12-17(22)19(16)21-18(23)14-13-15-9-6-5-7-10-15/h5-7,9-10,13-14,16-17,19,22H,4,8,11-12H2,1-3H3,(H,21,23)/b14-13+/t16-,17+,19-/m1/s1. The molecule has 1 saturated carbocycles. The number of carbonyl (C=O) groups excluding carboxylic acids is 1. The van der Waals surface area contributed by atoms with Gasteiger partial charge in [0.05, 0.1) is 12.1 Å². The van der Waals surface area contributed by atoms with E-state index in [9.17, 15) is 9.90 Å². The fourth-order valence-corrected chi connectivity index (χ4v) is 3.46. The molecule has 126 valence electrons. The van der Waals surface area contributed by atoms with Gasteiger partial charge in [-0.25, -0.2) is 0 Å². The zero-order valence-corrected chi connectivity index (χ0v) is 14.5. The summed E-state index contributed by atoms with van der Waals surface area (Å²) in [6.07, 6.45) is 6.82. The Morgan fingerprint density at radius 1 is 1.30 bits per heavy atom. The third-order valence-corrected chi connectivity index (χ3v) is 5.31. The van der Waals surface area contributed by atoms with E-state index in [1.54, 1.807) is 6.08 Å². The minimum Gasteiger partial charge on any atom is -0.391 e. The summed E-state index contributed by atoms with van der Waals surface area (Å²) < 4.78 is 0. The Bertz CT molecular complexity index is 536. The van der Waals surface area contributed by atoms with Gasteiger partial charge in [0.1, 0.15) is 0 Å². The van der Waals surface area contributed by atoms with Gasteiger partial charge in [-0.3, -0.25) is 4.79 Å². The van der Waals surface area contributed by atoms with Crippen LogP contribution in [0.5, 0.6) is 0 Å². The Morgan fingerprint density at radius 3 is 2.65 bits per heavy atom. The molecule has 1 aromatic rings. The third-order valence-electron chi connectivity index (χ3n) is 5.31. The summed E-state index contributed by atoms with van der Waals surface area (Å²) >= 11 is 0. The first-order valence-corrected chi connectivity index (χ1v) is 8.65. The molecule has 0 aromatic heterocycles. The second kappa shape index (κ2) is 7.78. The fraction of sp³-hybridized carbons (Fsp3) is 0.550. The summed E-state index contributed by atoms with van der Waals surface area (Å²) in [4.78, 5) is 12.3. The molecule has 1 aromatic carbocycles. The van der Waals surface area contributed by atoms with Crippen LogP contribution in [0.25, 0.3) is 6.08 Å². The molecule has 3 atom stereocenters. The molecule has 0 saturated heterocycles. The molecule has 3 heteroatoms. The molecule has 1 amide bonds. The van der Waals surface area contributed by atoms with E-state index in [4.69, 9.17) is 0 Å². The van der Waals surface area contributed by atoms with Gasteiger partial charge in [-0.15, -0.1) is 0 Å². The predicted octanol–water partition coefficient (Wildman–Crippen LogP) is 3.78. The molecule has 2 N–H and O–H groups in total. The van der Waals surface area contributed by atoms with Crippen molar-refractivity contribution in [3.63, 3.8) is 0 Å². The Labute approximate surface area is 139 Å². The van der Waals surface area contributed by atoms with Gasteiger partial charge in [-0.05, 0) is 35.8 Å². The Morgan fingerprint density at radius 2 is 2.00 bits per heavy atom. The van der Waals surface area contributed by atoms with Crippen molar-refractivity contribution in [2.45, 2.75) is 58.6 Å². The summed E-state index contributed by atoms with van der Waals surface area (Å²) in [6.45, 7) is 6.64. The molecule has 0 radical (unpaired) electrons. The first-order valence-electron chi connectivity index (χ1n) is 8.65. The summed E-state index contributed by atoms with van der Waals surface area (Å²) in [6, 6.07) is 9.61. The van der Waals surface area contributed by atoms with E-state index >= 15 is 0 Å². The second-order valence-corrected chi connectivity index (χ2v) is 7.23. The molecular weight excluding hydrogens is 286 g/mol. The molecule has 0 heterocycles. The number of nitrogens with one attached hydrogen (secondary N) is 1. The monoisotopic (exact) mass is 315 g/mol. The predicted molar refractivity (Wildman–Crippen MR) is 94.8 cm³/mol. The van der Waals surface area contributed by atoms with Gasteiger partial charge in [0, 0.05) is 6.08 Å². The zero-order chi connectivity index (χ0) is 16.9. The lowest BCUT2D eigenvalue weighted by atomic mass is 9.66. The van der Waals surface area contributed by atoms with Crippen LogP contribution in [0.2, 0.25) is 0 Å². The first-order chi connectivity index (χ1) is 10.9. The van der Waals surface area contributed by atoms with Crippen molar-refractivity contribution >= 4 is 12.0 Å². The van der Waals surface area contributed by atoms with E-state index < -0.39 is 6.10 Å². The molecule has 0 aliphatic heterocycles. The molecule has 3 nitrogen and oxygen atoms in total. The molecule has 1 fully saturated rings. The summed E-state index contributed by atoms with van der Waals surface area (Å²) in [5, 5.41) is 13.4. The number of carbonyl (C=O) groups is 1. The van der Waals surface area contributed by atoms with E-state index in [0.717, 1.165) is 31.2 Å². The van der Waals surface area contributed by atoms with Gasteiger partial charge in [-0.2, -0.15) is 0 Å². The van der Waals surface area contributed by atoms with Crippen LogP contribution in [0.4, 0.5) is 0 Å². The number of hydrogen-bond acceptors (Lipinski definition) is 2. The Kier molecular flexibility index (Phi) is 6.00. The maximum Gasteiger partial charge on any atom is 0.244 e. The summed E-state index contributed by atoms with van der Waals surface area (Å²) in [5.74, 6) is 0.182. The number of aliphatic hydroxyl groups excluding tert-OH is 1. The molecule has 0 bridgehead atoms. The van der Waals surface area contributed by atoms with E-state index in [1.807, 2.05) is 36.4 Å². The van der Waals surface area contributed by atoms with E-state index in [0.29, 0.717) is 5.92 Å². The Hall–Kier alpha value is -1.61. The van der Waals surface area contributed by atoms with Gasteiger partial charge >= 0.3 is 0 Å². The maximum absolute atomic E-state index is 12.3. The number of benzene rings is 1. The minimum atomic E-state index is -0.450. The van der Waals surface area contributed by atoms with Gasteiger partial charge in [-0.1, -0.05) is 63.9 Å². The van der Waals surface area contributed by atoms with Crippen molar-refractivity contribution in [1.82, 2.24) is 5.32 Å². The third kappa shape index (κ3) is 4.68. The zero-order valence-electron chi connectivity index (χ0n) is 14.5. The normalized spacial score (nSPS) is 25.5. The average molecular weight is 315 g/mol. The van der Waals surface area contributed by atoms with Crippen LogP contribution < -0.4 is 5.32 Å².